The molecule has 1 aromatic rings. The third-order valence-corrected chi connectivity index (χ3v) is 4.41. The fourth-order valence-corrected chi connectivity index (χ4v) is 3.49. The van der Waals surface area contributed by atoms with Crippen LogP contribution in [-0.2, 0) is 0 Å². The summed E-state index contributed by atoms with van der Waals surface area (Å²) in [6.45, 7) is 6.11. The summed E-state index contributed by atoms with van der Waals surface area (Å²) in [5.74, 6) is -0.136. The monoisotopic (exact) mass is 293 g/mol. The number of nitrogens with two attached hydrogens (primary N) is 1. The van der Waals surface area contributed by atoms with Crippen molar-refractivity contribution in [2.24, 2.45) is 0 Å². The molecule has 2 atom stereocenters. The number of nitrogens with zero attached hydrogens (tertiary/aromatic N) is 1. The van der Waals surface area contributed by atoms with Gasteiger partial charge in [0.05, 0.1) is 17.5 Å². The van der Waals surface area contributed by atoms with Gasteiger partial charge in [0.2, 0.25) is 0 Å². The maximum Gasteiger partial charge on any atom is 0.167 e. The minimum Gasteiger partial charge on any atom is -0.488 e. The van der Waals surface area contributed by atoms with E-state index < -0.39 is 5.82 Å². The normalized spacial score (nSPS) is 25.3. The summed E-state index contributed by atoms with van der Waals surface area (Å²) < 4.78 is 19.4. The average Bonchev–Trinajstić information content (AvgIpc) is 2.99. The molecule has 0 spiro atoms. The quantitative estimate of drug-likeness (QED) is 0.838. The fraction of sp³-hybridized carbons (Fsp3) is 0.625. The summed E-state index contributed by atoms with van der Waals surface area (Å²) in [5, 5.41) is 3.51. The third kappa shape index (κ3) is 2.93. The Labute approximate surface area is 125 Å². The molecule has 5 heteroatoms. The molecule has 0 aliphatic carbocycles. The molecule has 3 rings (SSSR count). The molecule has 3 N–H and O–H groups in total. The van der Waals surface area contributed by atoms with Crippen LogP contribution in [0.5, 0.6) is 5.75 Å². The maximum absolute atomic E-state index is 13.9. The van der Waals surface area contributed by atoms with Crippen LogP contribution >= 0.6 is 0 Å². The number of nitrogen functional groups attached to an aromatic ring is 1. The second-order valence-electron chi connectivity index (χ2n) is 6.32. The number of fused-ring (bicyclic) bond motifs is 1. The first-order valence-electron chi connectivity index (χ1n) is 7.81. The van der Waals surface area contributed by atoms with Crippen LogP contribution in [0.15, 0.2) is 12.1 Å². The van der Waals surface area contributed by atoms with Gasteiger partial charge in [-0.2, -0.15) is 0 Å². The fourth-order valence-electron chi connectivity index (χ4n) is 3.49. The molecule has 4 nitrogen and oxygen atoms in total. The summed E-state index contributed by atoms with van der Waals surface area (Å²) in [4.78, 5) is 2.53. The van der Waals surface area contributed by atoms with Gasteiger partial charge in [-0.15, -0.1) is 0 Å². The molecule has 2 heterocycles. The van der Waals surface area contributed by atoms with Gasteiger partial charge in [0, 0.05) is 30.8 Å². The molecule has 0 aromatic heterocycles. The molecule has 2 unspecified atom stereocenters. The van der Waals surface area contributed by atoms with Crippen molar-refractivity contribution in [3.8, 4) is 5.75 Å². The number of nitrogens with one attached hydrogen (secondary N) is 1. The summed E-state index contributed by atoms with van der Waals surface area (Å²) >= 11 is 0. The van der Waals surface area contributed by atoms with E-state index in [0.29, 0.717) is 17.8 Å². The molecule has 2 aliphatic heterocycles. The van der Waals surface area contributed by atoms with E-state index in [1.54, 1.807) is 6.07 Å². The van der Waals surface area contributed by atoms with Gasteiger partial charge in [-0.05, 0) is 39.7 Å². The van der Waals surface area contributed by atoms with Crippen molar-refractivity contribution in [1.29, 1.82) is 0 Å². The third-order valence-electron chi connectivity index (χ3n) is 4.41. The van der Waals surface area contributed by atoms with E-state index >= 15 is 0 Å². The van der Waals surface area contributed by atoms with E-state index in [4.69, 9.17) is 10.5 Å². The van der Waals surface area contributed by atoms with Crippen molar-refractivity contribution in [2.45, 2.75) is 51.3 Å². The zero-order valence-corrected chi connectivity index (χ0v) is 12.7. The van der Waals surface area contributed by atoms with Crippen molar-refractivity contribution in [3.63, 3.8) is 0 Å². The summed E-state index contributed by atoms with van der Waals surface area (Å²) in [7, 11) is 0. The molecule has 116 valence electrons. The zero-order chi connectivity index (χ0) is 15.0. The second kappa shape index (κ2) is 5.72. The smallest absolute Gasteiger partial charge is 0.167 e. The van der Waals surface area contributed by atoms with E-state index in [9.17, 15) is 4.39 Å². The van der Waals surface area contributed by atoms with Crippen LogP contribution in [0.2, 0.25) is 0 Å². The van der Waals surface area contributed by atoms with Gasteiger partial charge >= 0.3 is 0 Å². The Kier molecular flexibility index (Phi) is 3.93. The lowest BCUT2D eigenvalue weighted by molar-refractivity contribution is 0.231. The number of benzene rings is 1. The van der Waals surface area contributed by atoms with Crippen LogP contribution in [0.25, 0.3) is 0 Å². The van der Waals surface area contributed by atoms with Gasteiger partial charge in [0.25, 0.3) is 0 Å². The highest BCUT2D eigenvalue weighted by Gasteiger charge is 2.37. The van der Waals surface area contributed by atoms with Gasteiger partial charge in [0.15, 0.2) is 11.6 Å². The molecular weight excluding hydrogens is 269 g/mol. The van der Waals surface area contributed by atoms with Crippen molar-refractivity contribution < 1.29 is 9.13 Å². The van der Waals surface area contributed by atoms with Gasteiger partial charge in [-0.1, -0.05) is 0 Å². The van der Waals surface area contributed by atoms with Crippen LogP contribution in [0.4, 0.5) is 15.8 Å². The molecule has 0 bridgehead atoms. The standard InChI is InChI=1S/C16H24FN3O/c1-10(2)21-16-9-14(12(18)8-11(16)17)19-13-5-7-20-6-3-4-15(13)20/h8-10,13,15,19H,3-7,18H2,1-2H3. The number of hydrogen-bond donors (Lipinski definition) is 2. The molecule has 21 heavy (non-hydrogen) atoms. The van der Waals surface area contributed by atoms with Crippen LogP contribution in [0, 0.1) is 5.82 Å². The number of halogens is 1. The number of rotatable bonds is 4. The Balaban J connectivity index is 1.78. The van der Waals surface area contributed by atoms with Gasteiger partial charge in [0.1, 0.15) is 0 Å². The van der Waals surface area contributed by atoms with Crippen molar-refractivity contribution in [2.75, 3.05) is 24.1 Å². The first-order valence-corrected chi connectivity index (χ1v) is 7.81. The maximum atomic E-state index is 13.9. The number of hydrogen-bond acceptors (Lipinski definition) is 4. The van der Waals surface area contributed by atoms with Crippen LogP contribution in [0.1, 0.15) is 33.1 Å². The predicted octanol–water partition coefficient (Wildman–Crippen LogP) is 2.84. The molecule has 0 saturated carbocycles. The Morgan fingerprint density at radius 1 is 1.33 bits per heavy atom. The van der Waals surface area contributed by atoms with Crippen molar-refractivity contribution in [3.05, 3.63) is 17.9 Å². The Hall–Kier alpha value is -1.49. The first kappa shape index (κ1) is 14.4. The largest absolute Gasteiger partial charge is 0.488 e. The lowest BCUT2D eigenvalue weighted by Gasteiger charge is -2.23. The van der Waals surface area contributed by atoms with Gasteiger partial charge in [-0.3, -0.25) is 4.90 Å². The minimum absolute atomic E-state index is 0.0622. The highest BCUT2D eigenvalue weighted by Crippen LogP contribution is 2.34. The SMILES string of the molecule is CC(C)Oc1cc(NC2CCN3CCCC23)c(N)cc1F. The summed E-state index contributed by atoms with van der Waals surface area (Å²) in [5.41, 5.74) is 7.19. The van der Waals surface area contributed by atoms with E-state index in [1.165, 1.54) is 25.5 Å². The Bertz CT molecular complexity index is 520. The average molecular weight is 293 g/mol. The minimum atomic E-state index is -0.402. The van der Waals surface area contributed by atoms with Crippen LogP contribution < -0.4 is 15.8 Å². The molecule has 0 radical (unpaired) electrons. The van der Waals surface area contributed by atoms with Crippen molar-refractivity contribution in [1.82, 2.24) is 4.90 Å². The molecule has 2 aliphatic rings. The molecule has 1 aromatic carbocycles. The van der Waals surface area contributed by atoms with Crippen molar-refractivity contribution >= 4 is 11.4 Å². The predicted molar refractivity (Wildman–Crippen MR) is 83.2 cm³/mol. The zero-order valence-electron chi connectivity index (χ0n) is 12.7. The van der Waals surface area contributed by atoms with Gasteiger partial charge in [-0.25, -0.2) is 4.39 Å². The van der Waals surface area contributed by atoms with E-state index in [-0.39, 0.29) is 11.9 Å². The highest BCUT2D eigenvalue weighted by molar-refractivity contribution is 5.69. The number of ether oxygens (including phenoxy) is 1. The Morgan fingerprint density at radius 3 is 2.90 bits per heavy atom. The first-order chi connectivity index (χ1) is 10.0. The summed E-state index contributed by atoms with van der Waals surface area (Å²) in [6, 6.07) is 4.03. The molecule has 0 amide bonds. The van der Waals surface area contributed by atoms with E-state index in [1.807, 2.05) is 13.8 Å². The molecular formula is C16H24FN3O. The Morgan fingerprint density at radius 2 is 2.14 bits per heavy atom. The highest BCUT2D eigenvalue weighted by atomic mass is 19.1. The van der Waals surface area contributed by atoms with Crippen LogP contribution in [0.3, 0.4) is 0 Å². The van der Waals surface area contributed by atoms with Gasteiger partial charge < -0.3 is 15.8 Å². The topological polar surface area (TPSA) is 50.5 Å². The van der Waals surface area contributed by atoms with Crippen LogP contribution in [-0.4, -0.2) is 36.2 Å². The summed E-state index contributed by atoms with van der Waals surface area (Å²) in [6.07, 6.45) is 3.55. The second-order valence-corrected chi connectivity index (χ2v) is 6.32. The molecule has 2 saturated heterocycles. The van der Waals surface area contributed by atoms with E-state index in [2.05, 4.69) is 10.2 Å². The number of anilines is 2. The molecule has 2 fully saturated rings. The lowest BCUT2D eigenvalue weighted by Crippen LogP contribution is -2.34. The van der Waals surface area contributed by atoms with E-state index in [0.717, 1.165) is 18.7 Å². The lowest BCUT2D eigenvalue weighted by atomic mass is 10.1.